The number of nitrogens with zero attached hydrogens (tertiary/aromatic N) is 2. The molecule has 1 rings (SSSR count). The van der Waals surface area contributed by atoms with E-state index in [0.29, 0.717) is 11.4 Å². The van der Waals surface area contributed by atoms with Gasteiger partial charge in [-0.25, -0.2) is 13.4 Å². The maximum absolute atomic E-state index is 11.7. The minimum Gasteiger partial charge on any atom is -0.249 e. The van der Waals surface area contributed by atoms with Gasteiger partial charge in [-0.15, -0.1) is 11.3 Å². The summed E-state index contributed by atoms with van der Waals surface area (Å²) in [7, 11) is -3.58. The van der Waals surface area contributed by atoms with E-state index in [9.17, 15) is 8.42 Å². The lowest BCUT2D eigenvalue weighted by Gasteiger charge is -2.07. The second-order valence-electron chi connectivity index (χ2n) is 2.91. The van der Waals surface area contributed by atoms with Crippen LogP contribution in [0.4, 0.5) is 0 Å². The molecule has 1 heterocycles. The van der Waals surface area contributed by atoms with E-state index in [1.54, 1.807) is 13.8 Å². The molecule has 0 amide bonds. The average molecular weight is 245 g/mol. The molecule has 7 heteroatoms. The zero-order valence-corrected chi connectivity index (χ0v) is 10.0. The van der Waals surface area contributed by atoms with Crippen molar-refractivity contribution in [3.8, 4) is 6.07 Å². The van der Waals surface area contributed by atoms with Crippen molar-refractivity contribution in [3.05, 3.63) is 11.2 Å². The number of aryl methyl sites for hydroxylation is 1. The highest BCUT2D eigenvalue weighted by Crippen LogP contribution is 2.17. The number of rotatable bonds is 4. The van der Waals surface area contributed by atoms with Gasteiger partial charge in [0.15, 0.2) is 4.21 Å². The van der Waals surface area contributed by atoms with E-state index in [-0.39, 0.29) is 4.21 Å². The quantitative estimate of drug-likeness (QED) is 0.858. The molecule has 1 aromatic heterocycles. The molecule has 82 valence electrons. The lowest BCUT2D eigenvalue weighted by atomic mass is 10.3. The van der Waals surface area contributed by atoms with Gasteiger partial charge in [0.05, 0.1) is 17.3 Å². The Bertz CT molecular complexity index is 472. The number of nitriles is 1. The number of aromatic nitrogens is 1. The van der Waals surface area contributed by atoms with E-state index >= 15 is 0 Å². The third kappa shape index (κ3) is 2.99. The number of hydrogen-bond donors (Lipinski definition) is 1. The molecule has 1 N–H and O–H groups in total. The van der Waals surface area contributed by atoms with E-state index < -0.39 is 16.1 Å². The predicted octanol–water partition coefficient (Wildman–Crippen LogP) is 1.03. The third-order valence-electron chi connectivity index (χ3n) is 1.73. The Labute approximate surface area is 92.8 Å². The molecule has 0 aliphatic heterocycles. The van der Waals surface area contributed by atoms with Crippen molar-refractivity contribution < 1.29 is 8.42 Å². The molecule has 0 aliphatic carbocycles. The minimum absolute atomic E-state index is 0.147. The summed E-state index contributed by atoms with van der Waals surface area (Å²) in [6, 6.07) is 1.20. The maximum atomic E-state index is 11.7. The van der Waals surface area contributed by atoms with Crippen LogP contribution in [-0.4, -0.2) is 19.4 Å². The molecule has 0 radical (unpaired) electrons. The zero-order valence-electron chi connectivity index (χ0n) is 8.39. The Kier molecular flexibility index (Phi) is 3.79. The van der Waals surface area contributed by atoms with Crippen molar-refractivity contribution >= 4 is 21.4 Å². The average Bonchev–Trinajstić information content (AvgIpc) is 2.62. The number of sulfonamides is 1. The topological polar surface area (TPSA) is 82.9 Å². The first-order valence-corrected chi connectivity index (χ1v) is 6.64. The lowest BCUT2D eigenvalue weighted by Crippen LogP contribution is -2.32. The minimum atomic E-state index is -3.58. The van der Waals surface area contributed by atoms with Gasteiger partial charge in [0.1, 0.15) is 6.04 Å². The summed E-state index contributed by atoms with van der Waals surface area (Å²) in [5.74, 6) is 0. The fourth-order valence-electron chi connectivity index (χ4n) is 0.912. The molecule has 1 atom stereocenters. The predicted molar refractivity (Wildman–Crippen MR) is 56.9 cm³/mol. The van der Waals surface area contributed by atoms with Crippen LogP contribution in [0, 0.1) is 18.3 Å². The molecule has 0 bridgehead atoms. The molecule has 0 saturated heterocycles. The van der Waals surface area contributed by atoms with Gasteiger partial charge in [0.2, 0.25) is 0 Å². The number of nitrogens with one attached hydrogen (secondary N) is 1. The smallest absolute Gasteiger partial charge is 0.249 e. The molecule has 0 aromatic carbocycles. The monoisotopic (exact) mass is 245 g/mol. The van der Waals surface area contributed by atoms with Gasteiger partial charge in [0, 0.05) is 0 Å². The molecule has 1 unspecified atom stereocenters. The summed E-state index contributed by atoms with van der Waals surface area (Å²) in [5.41, 5.74) is 0. The van der Waals surface area contributed by atoms with Crippen LogP contribution < -0.4 is 4.72 Å². The Morgan fingerprint density at radius 3 is 2.80 bits per heavy atom. The van der Waals surface area contributed by atoms with E-state index in [1.807, 2.05) is 6.07 Å². The molecule has 1 aromatic rings. The van der Waals surface area contributed by atoms with Crippen LogP contribution in [0.15, 0.2) is 10.4 Å². The Hall–Kier alpha value is -0.970. The molecular formula is C8H11N3O2S2. The van der Waals surface area contributed by atoms with Crippen molar-refractivity contribution in [1.29, 1.82) is 5.26 Å². The molecule has 0 fully saturated rings. The highest BCUT2D eigenvalue weighted by atomic mass is 32.2. The van der Waals surface area contributed by atoms with Gasteiger partial charge in [-0.3, -0.25) is 0 Å². The summed E-state index contributed by atoms with van der Waals surface area (Å²) < 4.78 is 25.8. The Morgan fingerprint density at radius 2 is 2.40 bits per heavy atom. The van der Waals surface area contributed by atoms with Crippen molar-refractivity contribution in [3.63, 3.8) is 0 Å². The SMILES string of the molecule is CCC(C#N)NS(=O)(=O)c1cnc(C)s1. The van der Waals surface area contributed by atoms with Gasteiger partial charge in [-0.2, -0.15) is 9.98 Å². The van der Waals surface area contributed by atoms with Gasteiger partial charge in [0.25, 0.3) is 10.0 Å². The fraction of sp³-hybridized carbons (Fsp3) is 0.500. The molecule has 0 aliphatic rings. The largest absolute Gasteiger partial charge is 0.252 e. The third-order valence-corrected chi connectivity index (χ3v) is 4.57. The summed E-state index contributed by atoms with van der Waals surface area (Å²) in [4.78, 5) is 3.86. The van der Waals surface area contributed by atoms with E-state index in [4.69, 9.17) is 5.26 Å². The van der Waals surface area contributed by atoms with Crippen LogP contribution in [0.3, 0.4) is 0 Å². The standard InChI is InChI=1S/C8H11N3O2S2/c1-3-7(4-9)11-15(12,13)8-5-10-6(2)14-8/h5,7,11H,3H2,1-2H3. The van der Waals surface area contributed by atoms with E-state index in [1.165, 1.54) is 6.20 Å². The first-order valence-electron chi connectivity index (χ1n) is 4.34. The zero-order chi connectivity index (χ0) is 11.5. The van der Waals surface area contributed by atoms with Gasteiger partial charge in [-0.05, 0) is 13.3 Å². The van der Waals surface area contributed by atoms with Gasteiger partial charge in [-0.1, -0.05) is 6.92 Å². The van der Waals surface area contributed by atoms with Crippen molar-refractivity contribution in [2.24, 2.45) is 0 Å². The maximum Gasteiger partial charge on any atom is 0.252 e. The van der Waals surface area contributed by atoms with Crippen LogP contribution >= 0.6 is 11.3 Å². The van der Waals surface area contributed by atoms with Crippen molar-refractivity contribution in [1.82, 2.24) is 9.71 Å². The van der Waals surface area contributed by atoms with Gasteiger partial charge >= 0.3 is 0 Å². The second-order valence-corrected chi connectivity index (χ2v) is 6.09. The van der Waals surface area contributed by atoms with Crippen LogP contribution in [0.1, 0.15) is 18.4 Å². The summed E-state index contributed by atoms with van der Waals surface area (Å²) in [6.45, 7) is 3.47. The van der Waals surface area contributed by atoms with Crippen LogP contribution in [0.25, 0.3) is 0 Å². The normalized spacial score (nSPS) is 13.4. The number of hydrogen-bond acceptors (Lipinski definition) is 5. The summed E-state index contributed by atoms with van der Waals surface area (Å²) in [5, 5.41) is 9.33. The molecule has 15 heavy (non-hydrogen) atoms. The Morgan fingerprint density at radius 1 is 1.73 bits per heavy atom. The highest BCUT2D eigenvalue weighted by molar-refractivity contribution is 7.91. The molecule has 0 spiro atoms. The number of thiazole rings is 1. The first-order chi connectivity index (χ1) is 6.99. The molecule has 0 saturated carbocycles. The van der Waals surface area contributed by atoms with Crippen molar-refractivity contribution in [2.45, 2.75) is 30.5 Å². The molecular weight excluding hydrogens is 234 g/mol. The van der Waals surface area contributed by atoms with E-state index in [2.05, 4.69) is 9.71 Å². The van der Waals surface area contributed by atoms with Crippen LogP contribution in [0.5, 0.6) is 0 Å². The van der Waals surface area contributed by atoms with Gasteiger partial charge < -0.3 is 0 Å². The van der Waals surface area contributed by atoms with Crippen molar-refractivity contribution in [2.75, 3.05) is 0 Å². The van der Waals surface area contributed by atoms with Crippen LogP contribution in [0.2, 0.25) is 0 Å². The first kappa shape index (κ1) is 12.1. The molecule has 5 nitrogen and oxygen atoms in total. The Balaban J connectivity index is 2.90. The van der Waals surface area contributed by atoms with E-state index in [0.717, 1.165) is 11.3 Å². The summed E-state index contributed by atoms with van der Waals surface area (Å²) >= 11 is 1.09. The highest BCUT2D eigenvalue weighted by Gasteiger charge is 2.20. The van der Waals surface area contributed by atoms with Crippen LogP contribution in [-0.2, 0) is 10.0 Å². The summed E-state index contributed by atoms with van der Waals surface area (Å²) in [6.07, 6.45) is 1.74. The lowest BCUT2D eigenvalue weighted by molar-refractivity contribution is 0.571. The fourth-order valence-corrected chi connectivity index (χ4v) is 3.26. The second kappa shape index (κ2) is 4.70.